The fraction of sp³-hybridized carbons (Fsp3) is 0.353. The number of para-hydroxylation sites is 1. The summed E-state index contributed by atoms with van der Waals surface area (Å²) in [5.41, 5.74) is 0.872. The Morgan fingerprint density at radius 2 is 1.89 bits per heavy atom. The molecule has 0 aromatic heterocycles. The van der Waals surface area contributed by atoms with Crippen molar-refractivity contribution in [3.63, 3.8) is 0 Å². The zero-order chi connectivity index (χ0) is 12.8. The molecule has 2 bridgehead atoms. The first-order valence-electron chi connectivity index (χ1n) is 6.94. The van der Waals surface area contributed by atoms with Gasteiger partial charge in [-0.15, -0.1) is 0 Å². The van der Waals surface area contributed by atoms with Crippen LogP contribution >= 0.6 is 0 Å². The molecule has 1 aromatic carbocycles. The van der Waals surface area contributed by atoms with Crippen LogP contribution in [0.15, 0.2) is 54.1 Å². The van der Waals surface area contributed by atoms with Crippen molar-refractivity contribution < 1.29 is 9.53 Å². The summed E-state index contributed by atoms with van der Waals surface area (Å²) in [5.74, 6) is 2.87. The Morgan fingerprint density at radius 3 is 2.68 bits per heavy atom. The van der Waals surface area contributed by atoms with Crippen LogP contribution in [0.4, 0.5) is 0 Å². The molecule has 1 aromatic rings. The maximum absolute atomic E-state index is 12.4. The number of Topliss-reactive ketones (excluding diaryl/α,β-unsaturated/α-hetero) is 1. The van der Waals surface area contributed by atoms with Crippen molar-refractivity contribution in [1.29, 1.82) is 0 Å². The number of rotatable bonds is 3. The molecule has 3 aliphatic carbocycles. The number of hydrogen-bond donors (Lipinski definition) is 0. The lowest BCUT2D eigenvalue weighted by molar-refractivity contribution is -0.119. The molecule has 0 unspecified atom stereocenters. The summed E-state index contributed by atoms with van der Waals surface area (Å²) in [6.07, 6.45) is 7.86. The molecule has 0 heterocycles. The number of carbonyl (C=O) groups is 1. The fourth-order valence-corrected chi connectivity index (χ4v) is 3.78. The lowest BCUT2D eigenvalue weighted by Gasteiger charge is -2.17. The Balaban J connectivity index is 1.49. The first-order valence-corrected chi connectivity index (χ1v) is 6.94. The molecule has 2 nitrogen and oxygen atoms in total. The molecule has 2 heteroatoms. The van der Waals surface area contributed by atoms with Gasteiger partial charge in [0.1, 0.15) is 12.4 Å². The van der Waals surface area contributed by atoms with Gasteiger partial charge >= 0.3 is 0 Å². The van der Waals surface area contributed by atoms with E-state index in [-0.39, 0.29) is 5.92 Å². The normalized spacial score (nSPS) is 34.5. The van der Waals surface area contributed by atoms with Crippen LogP contribution < -0.4 is 4.74 Å². The van der Waals surface area contributed by atoms with Gasteiger partial charge < -0.3 is 4.74 Å². The number of allylic oxidation sites excluding steroid dienone is 3. The Labute approximate surface area is 112 Å². The second kappa shape index (κ2) is 4.09. The minimum atomic E-state index is 0.212. The molecule has 0 spiro atoms. The second-order valence-corrected chi connectivity index (χ2v) is 5.71. The summed E-state index contributed by atoms with van der Waals surface area (Å²) in [4.78, 5) is 12.4. The van der Waals surface area contributed by atoms with Crippen LogP contribution in [-0.4, -0.2) is 12.4 Å². The zero-order valence-electron chi connectivity index (χ0n) is 10.7. The van der Waals surface area contributed by atoms with Crippen molar-refractivity contribution in [2.75, 3.05) is 6.61 Å². The third kappa shape index (κ3) is 1.66. The van der Waals surface area contributed by atoms with Crippen LogP contribution in [0.3, 0.4) is 0 Å². The Bertz CT molecular complexity index is 570. The van der Waals surface area contributed by atoms with Crippen molar-refractivity contribution >= 4 is 5.78 Å². The molecular formula is C17H16O2. The summed E-state index contributed by atoms with van der Waals surface area (Å²) in [6.45, 7) is 0.412. The highest BCUT2D eigenvalue weighted by molar-refractivity contribution is 6.01. The smallest absolute Gasteiger partial charge is 0.166 e. The van der Waals surface area contributed by atoms with Crippen LogP contribution in [0.2, 0.25) is 0 Å². The largest absolute Gasteiger partial charge is 0.489 e. The van der Waals surface area contributed by atoms with E-state index in [1.807, 2.05) is 30.3 Å². The Kier molecular flexibility index (Phi) is 2.37. The molecule has 0 saturated heterocycles. The molecule has 96 valence electrons. The number of ketones is 1. The average Bonchev–Trinajstić information content (AvgIpc) is 3.11. The number of carbonyl (C=O) groups excluding carboxylic acids is 1. The summed E-state index contributed by atoms with van der Waals surface area (Å²) >= 11 is 0. The van der Waals surface area contributed by atoms with Gasteiger partial charge in [0.05, 0.1) is 0 Å². The van der Waals surface area contributed by atoms with Crippen LogP contribution in [-0.2, 0) is 4.79 Å². The van der Waals surface area contributed by atoms with E-state index in [1.165, 1.54) is 6.42 Å². The van der Waals surface area contributed by atoms with Crippen molar-refractivity contribution in [3.05, 3.63) is 54.1 Å². The molecule has 1 saturated carbocycles. The topological polar surface area (TPSA) is 26.3 Å². The van der Waals surface area contributed by atoms with Gasteiger partial charge in [0.25, 0.3) is 0 Å². The van der Waals surface area contributed by atoms with Crippen LogP contribution in [0, 0.1) is 23.7 Å². The van der Waals surface area contributed by atoms with Crippen molar-refractivity contribution in [1.82, 2.24) is 0 Å². The maximum atomic E-state index is 12.4. The van der Waals surface area contributed by atoms with Crippen LogP contribution in [0.5, 0.6) is 5.75 Å². The molecule has 0 N–H and O–H groups in total. The minimum Gasteiger partial charge on any atom is -0.489 e. The molecule has 19 heavy (non-hydrogen) atoms. The van der Waals surface area contributed by atoms with Crippen molar-refractivity contribution in [3.8, 4) is 5.75 Å². The van der Waals surface area contributed by atoms with Crippen molar-refractivity contribution in [2.45, 2.75) is 6.42 Å². The lowest BCUT2D eigenvalue weighted by atomic mass is 9.85. The van der Waals surface area contributed by atoms with Gasteiger partial charge in [-0.3, -0.25) is 4.79 Å². The number of ether oxygens (including phenoxy) is 1. The first kappa shape index (κ1) is 11.0. The molecular weight excluding hydrogens is 236 g/mol. The monoisotopic (exact) mass is 252 g/mol. The lowest BCUT2D eigenvalue weighted by Crippen LogP contribution is -2.22. The average molecular weight is 252 g/mol. The van der Waals surface area contributed by atoms with Gasteiger partial charge in [-0.25, -0.2) is 0 Å². The zero-order valence-corrected chi connectivity index (χ0v) is 10.7. The van der Waals surface area contributed by atoms with Gasteiger partial charge in [-0.2, -0.15) is 0 Å². The molecule has 4 atom stereocenters. The van der Waals surface area contributed by atoms with E-state index in [0.717, 1.165) is 11.3 Å². The van der Waals surface area contributed by atoms with Gasteiger partial charge in [-0.1, -0.05) is 36.4 Å². The molecule has 0 aliphatic heterocycles. The number of benzene rings is 1. The predicted molar refractivity (Wildman–Crippen MR) is 72.7 cm³/mol. The quantitative estimate of drug-likeness (QED) is 0.773. The van der Waals surface area contributed by atoms with E-state index in [0.29, 0.717) is 30.1 Å². The summed E-state index contributed by atoms with van der Waals surface area (Å²) in [7, 11) is 0. The highest BCUT2D eigenvalue weighted by atomic mass is 16.5. The van der Waals surface area contributed by atoms with E-state index in [1.54, 1.807) is 0 Å². The SMILES string of the molecule is O=C1C(COc2ccccc2)=C[C@@H]2[C@H]1[C@H]1C=C[C@@H]2C1. The van der Waals surface area contributed by atoms with Gasteiger partial charge in [0.15, 0.2) is 5.78 Å². The minimum absolute atomic E-state index is 0.212. The summed E-state index contributed by atoms with van der Waals surface area (Å²) in [6, 6.07) is 9.69. The maximum Gasteiger partial charge on any atom is 0.166 e. The Morgan fingerprint density at radius 1 is 1.11 bits per heavy atom. The van der Waals surface area contributed by atoms with E-state index >= 15 is 0 Å². The van der Waals surface area contributed by atoms with Gasteiger partial charge in [0.2, 0.25) is 0 Å². The summed E-state index contributed by atoms with van der Waals surface area (Å²) in [5, 5.41) is 0. The molecule has 4 rings (SSSR count). The third-order valence-corrected chi connectivity index (χ3v) is 4.67. The first-order chi connectivity index (χ1) is 9.33. The molecule has 0 amide bonds. The highest BCUT2D eigenvalue weighted by Gasteiger charge is 2.51. The van der Waals surface area contributed by atoms with Crippen LogP contribution in [0.25, 0.3) is 0 Å². The van der Waals surface area contributed by atoms with E-state index in [2.05, 4.69) is 18.2 Å². The number of fused-ring (bicyclic) bond motifs is 5. The van der Waals surface area contributed by atoms with Crippen molar-refractivity contribution in [2.24, 2.45) is 23.7 Å². The third-order valence-electron chi connectivity index (χ3n) is 4.67. The standard InChI is InChI=1S/C17H16O2/c18-17-13(10-19-14-4-2-1-3-5-14)9-15-11-6-7-12(8-11)16(15)17/h1-7,9,11-12,15-16H,8,10H2/t11-,12+,15+,16-/m1/s1. The molecule has 0 radical (unpaired) electrons. The van der Waals surface area contributed by atoms with E-state index < -0.39 is 0 Å². The predicted octanol–water partition coefficient (Wildman–Crippen LogP) is 3.01. The second-order valence-electron chi connectivity index (χ2n) is 5.71. The van der Waals surface area contributed by atoms with Gasteiger partial charge in [0, 0.05) is 11.5 Å². The highest BCUT2D eigenvalue weighted by Crippen LogP contribution is 2.52. The summed E-state index contributed by atoms with van der Waals surface area (Å²) < 4.78 is 5.71. The molecule has 3 aliphatic rings. The van der Waals surface area contributed by atoms with Gasteiger partial charge in [-0.05, 0) is 36.3 Å². The molecule has 1 fully saturated rings. The van der Waals surface area contributed by atoms with Crippen LogP contribution in [0.1, 0.15) is 6.42 Å². The fourth-order valence-electron chi connectivity index (χ4n) is 3.78. The van der Waals surface area contributed by atoms with E-state index in [9.17, 15) is 4.79 Å². The van der Waals surface area contributed by atoms with E-state index in [4.69, 9.17) is 4.74 Å². The Hall–Kier alpha value is -1.83. The number of hydrogen-bond acceptors (Lipinski definition) is 2.